The van der Waals surface area contributed by atoms with Crippen molar-refractivity contribution in [3.8, 4) is 22.0 Å². The number of H-pyrrole nitrogens is 2. The van der Waals surface area contributed by atoms with Gasteiger partial charge in [0, 0.05) is 29.9 Å². The van der Waals surface area contributed by atoms with Crippen LogP contribution in [0.1, 0.15) is 10.4 Å². The average Bonchev–Trinajstić information content (AvgIpc) is 3.25. The first-order valence-corrected chi connectivity index (χ1v) is 8.66. The van der Waals surface area contributed by atoms with E-state index in [0.29, 0.717) is 32.7 Å². The van der Waals surface area contributed by atoms with Crippen LogP contribution in [0, 0.1) is 0 Å². The van der Waals surface area contributed by atoms with Crippen molar-refractivity contribution in [3.63, 3.8) is 0 Å². The first-order chi connectivity index (χ1) is 12.7. The van der Waals surface area contributed by atoms with E-state index in [2.05, 4.69) is 21.5 Å². The summed E-state index contributed by atoms with van der Waals surface area (Å²) in [4.78, 5) is 23.3. The van der Waals surface area contributed by atoms with Gasteiger partial charge in [0.05, 0.1) is 21.4 Å². The highest BCUT2D eigenvalue weighted by Crippen LogP contribution is 2.35. The molecule has 2 aromatic heterocycles. The number of nitrogens with one attached hydrogen (secondary N) is 2. The van der Waals surface area contributed by atoms with Crippen LogP contribution in [0.25, 0.3) is 34.6 Å². The Morgan fingerprint density at radius 3 is 2.81 bits per heavy atom. The Labute approximate surface area is 154 Å². The Morgan fingerprint density at radius 2 is 2.11 bits per heavy atom. The lowest BCUT2D eigenvalue weighted by Gasteiger charge is -2.00. The molecule has 2 aromatic rings. The second-order valence-corrected chi connectivity index (χ2v) is 7.16. The predicted octanol–water partition coefficient (Wildman–Crippen LogP) is 2.53. The maximum Gasteiger partial charge on any atom is 0.417 e. The third-order valence-corrected chi connectivity index (χ3v) is 5.20. The predicted molar refractivity (Wildman–Crippen MR) is 97.9 cm³/mol. The van der Waals surface area contributed by atoms with Gasteiger partial charge in [-0.1, -0.05) is 6.58 Å². The van der Waals surface area contributed by atoms with Gasteiger partial charge in [0.15, 0.2) is 0 Å². The Balaban J connectivity index is 1.78. The van der Waals surface area contributed by atoms with Crippen LogP contribution in [0.5, 0.6) is 0 Å². The first-order valence-electron chi connectivity index (χ1n) is 7.84. The number of nitrogens with zero attached hydrogens (tertiary/aromatic N) is 2. The minimum absolute atomic E-state index is 0.287. The van der Waals surface area contributed by atoms with Crippen molar-refractivity contribution in [2.24, 2.45) is 7.05 Å². The van der Waals surface area contributed by atoms with E-state index in [1.165, 1.54) is 15.9 Å². The molecule has 4 heterocycles. The van der Waals surface area contributed by atoms with Gasteiger partial charge in [0.1, 0.15) is 11.3 Å². The Morgan fingerprint density at radius 1 is 1.33 bits per heavy atom. The highest BCUT2D eigenvalue weighted by Gasteiger charge is 2.32. The van der Waals surface area contributed by atoms with Gasteiger partial charge in [0.2, 0.25) is 0 Å². The van der Waals surface area contributed by atoms with Crippen molar-refractivity contribution in [1.82, 2.24) is 19.5 Å². The molecule has 0 aromatic carbocycles. The van der Waals surface area contributed by atoms with Crippen LogP contribution in [-0.2, 0) is 13.2 Å². The van der Waals surface area contributed by atoms with Gasteiger partial charge in [0.25, 0.3) is 5.56 Å². The summed E-state index contributed by atoms with van der Waals surface area (Å²) in [6, 6.07) is 4.63. The van der Waals surface area contributed by atoms with E-state index in [0.717, 1.165) is 17.1 Å². The number of hydrogen-bond acceptors (Lipinski definition) is 3. The molecule has 0 amide bonds. The summed E-state index contributed by atoms with van der Waals surface area (Å²) >= 11 is 1.30. The minimum Gasteiger partial charge on any atom is -0.349 e. The molecule has 0 radical (unpaired) electrons. The van der Waals surface area contributed by atoms with Crippen LogP contribution < -0.4 is 16.3 Å². The van der Waals surface area contributed by atoms with E-state index in [4.69, 9.17) is 0 Å². The Bertz CT molecular complexity index is 1280. The van der Waals surface area contributed by atoms with Gasteiger partial charge in [-0.3, -0.25) is 4.79 Å². The van der Waals surface area contributed by atoms with Gasteiger partial charge in [-0.15, -0.1) is 11.3 Å². The molecule has 5 nitrogen and oxygen atoms in total. The second kappa shape index (κ2) is 5.98. The fraction of sp³-hybridized carbons (Fsp3) is 0.111. The maximum atomic E-state index is 12.9. The molecule has 0 saturated carbocycles. The van der Waals surface area contributed by atoms with Crippen LogP contribution in [0.2, 0.25) is 0 Å². The fourth-order valence-corrected chi connectivity index (χ4v) is 3.88. The van der Waals surface area contributed by atoms with Crippen LogP contribution in [0.3, 0.4) is 0 Å². The third kappa shape index (κ3) is 3.10. The zero-order chi connectivity index (χ0) is 19.3. The zero-order valence-corrected chi connectivity index (χ0v) is 14.8. The number of aryl methyl sites for hydroxylation is 1. The summed E-state index contributed by atoms with van der Waals surface area (Å²) in [6.07, 6.45) is 0.0167. The Hall–Kier alpha value is -3.07. The van der Waals surface area contributed by atoms with Gasteiger partial charge in [-0.25, -0.2) is 4.98 Å². The van der Waals surface area contributed by atoms with Gasteiger partial charge in [-0.05, 0) is 24.3 Å². The van der Waals surface area contributed by atoms with Crippen molar-refractivity contribution in [2.45, 2.75) is 6.18 Å². The van der Waals surface area contributed by atoms with Crippen LogP contribution >= 0.6 is 11.3 Å². The molecular formula is C18H13F3N4OS. The summed E-state index contributed by atoms with van der Waals surface area (Å²) in [6.45, 7) is 3.68. The number of aromatic amines is 2. The maximum absolute atomic E-state index is 12.9. The molecule has 4 rings (SSSR count). The van der Waals surface area contributed by atoms with Gasteiger partial charge in [-0.2, -0.15) is 13.2 Å². The monoisotopic (exact) mass is 390 g/mol. The number of thiophene rings is 1. The number of aromatic nitrogens is 4. The van der Waals surface area contributed by atoms with Crippen molar-refractivity contribution in [1.29, 1.82) is 0 Å². The highest BCUT2D eigenvalue weighted by atomic mass is 32.1. The molecule has 0 aliphatic carbocycles. The topological polar surface area (TPSA) is 66.5 Å². The van der Waals surface area contributed by atoms with E-state index < -0.39 is 11.7 Å². The lowest BCUT2D eigenvalue weighted by Crippen LogP contribution is -2.21. The molecule has 0 bridgehead atoms. The number of hydrogen-bond donors (Lipinski definition) is 2. The second-order valence-electron chi connectivity index (χ2n) is 6.05. The molecule has 2 N–H and O–H groups in total. The Kier molecular flexibility index (Phi) is 3.84. The first kappa shape index (κ1) is 17.3. The molecule has 0 spiro atoms. The largest absolute Gasteiger partial charge is 0.417 e. The lowest BCUT2D eigenvalue weighted by molar-refractivity contribution is -0.137. The minimum atomic E-state index is -4.39. The highest BCUT2D eigenvalue weighted by molar-refractivity contribution is 7.16. The van der Waals surface area contributed by atoms with Crippen molar-refractivity contribution in [2.75, 3.05) is 0 Å². The van der Waals surface area contributed by atoms with E-state index in [-0.39, 0.29) is 5.56 Å². The van der Waals surface area contributed by atoms with E-state index in [1.54, 1.807) is 31.5 Å². The number of alkyl halides is 3. The summed E-state index contributed by atoms with van der Waals surface area (Å²) in [5, 5.41) is 0.435. The number of fused-ring (bicyclic) bond motifs is 1. The molecule has 0 saturated heterocycles. The SMILES string of the molecule is C=c1nc2[nH]c(=O)c(=Cc3ccc(-c4cc(C(F)(F)F)cn4C)s3)c-2c[nH]1. The lowest BCUT2D eigenvalue weighted by atomic mass is 10.2. The van der Waals surface area contributed by atoms with Crippen LogP contribution in [-0.4, -0.2) is 19.5 Å². The molecule has 138 valence electrons. The van der Waals surface area contributed by atoms with Gasteiger partial charge >= 0.3 is 6.18 Å². The summed E-state index contributed by atoms with van der Waals surface area (Å²) in [5.41, 5.74) is 0.538. The van der Waals surface area contributed by atoms with Crippen LogP contribution in [0.4, 0.5) is 13.2 Å². The fourth-order valence-electron chi connectivity index (χ4n) is 2.87. The smallest absolute Gasteiger partial charge is 0.349 e. The van der Waals surface area contributed by atoms with Crippen molar-refractivity contribution >= 4 is 24.0 Å². The van der Waals surface area contributed by atoms with Gasteiger partial charge < -0.3 is 14.5 Å². The van der Waals surface area contributed by atoms with Crippen molar-refractivity contribution in [3.05, 3.63) is 62.1 Å². The molecule has 0 unspecified atom stereocenters. The summed E-state index contributed by atoms with van der Waals surface area (Å²) in [7, 11) is 1.57. The normalized spacial score (nSPS) is 13.0. The summed E-state index contributed by atoms with van der Waals surface area (Å²) in [5.74, 6) is 0.434. The van der Waals surface area contributed by atoms with Crippen molar-refractivity contribution < 1.29 is 13.2 Å². The molecule has 2 aliphatic heterocycles. The van der Waals surface area contributed by atoms with E-state index >= 15 is 0 Å². The molecule has 27 heavy (non-hydrogen) atoms. The molecule has 0 atom stereocenters. The summed E-state index contributed by atoms with van der Waals surface area (Å²) < 4.78 is 40.2. The average molecular weight is 390 g/mol. The molecule has 9 heteroatoms. The number of rotatable bonds is 2. The molecular weight excluding hydrogens is 377 g/mol. The molecule has 0 fully saturated rings. The number of halogens is 3. The quantitative estimate of drug-likeness (QED) is 0.552. The van der Waals surface area contributed by atoms with E-state index in [1.807, 2.05) is 0 Å². The van der Waals surface area contributed by atoms with Crippen LogP contribution in [0.15, 0.2) is 35.4 Å². The third-order valence-electron chi connectivity index (χ3n) is 4.15. The standard InChI is InChI=1S/C18H13F3N4OS/c1-9-22-7-13-12(17(26)24-16(13)23-9)6-11-3-4-15(27-11)14-5-10(8-25(14)2)18(19,20)21/h3-8,22H,1H2,2H3,(H,23,24,26). The van der Waals surface area contributed by atoms with E-state index in [9.17, 15) is 18.0 Å². The zero-order valence-electron chi connectivity index (χ0n) is 14.0. The molecule has 2 aliphatic rings.